The number of amides is 2. The molecule has 1 unspecified atom stereocenters. The van der Waals surface area contributed by atoms with Gasteiger partial charge in [-0.05, 0) is 32.4 Å². The summed E-state index contributed by atoms with van der Waals surface area (Å²) in [5, 5.41) is 11.3. The van der Waals surface area contributed by atoms with Crippen molar-refractivity contribution < 1.29 is 4.79 Å². The van der Waals surface area contributed by atoms with Gasteiger partial charge < -0.3 is 10.6 Å². The van der Waals surface area contributed by atoms with Crippen LogP contribution in [0.1, 0.15) is 31.5 Å². The van der Waals surface area contributed by atoms with E-state index in [4.69, 9.17) is 0 Å². The number of aryl methyl sites for hydroxylation is 2. The summed E-state index contributed by atoms with van der Waals surface area (Å²) in [5.41, 5.74) is 3.16. The van der Waals surface area contributed by atoms with E-state index in [1.807, 2.05) is 25.6 Å². The van der Waals surface area contributed by atoms with Crippen molar-refractivity contribution in [2.45, 2.75) is 39.8 Å². The molecule has 1 aromatic heterocycles. The van der Waals surface area contributed by atoms with E-state index in [2.05, 4.69) is 40.9 Å². The van der Waals surface area contributed by atoms with Gasteiger partial charge in [-0.2, -0.15) is 5.10 Å². The molecule has 2 N–H and O–H groups in total. The third kappa shape index (κ3) is 3.10. The number of nitrogens with one attached hydrogen (secondary N) is 2. The first-order valence-corrected chi connectivity index (χ1v) is 6.98. The summed E-state index contributed by atoms with van der Waals surface area (Å²) in [5.74, 6) is 0. The summed E-state index contributed by atoms with van der Waals surface area (Å²) < 4.78 is 1.85. The van der Waals surface area contributed by atoms with Gasteiger partial charge in [0.1, 0.15) is 0 Å². The Balaban J connectivity index is 2.10. The quantitative estimate of drug-likeness (QED) is 0.900. The van der Waals surface area contributed by atoms with E-state index >= 15 is 0 Å². The molecule has 1 atom stereocenters. The van der Waals surface area contributed by atoms with Gasteiger partial charge in [0, 0.05) is 18.5 Å². The van der Waals surface area contributed by atoms with E-state index in [9.17, 15) is 4.79 Å². The lowest BCUT2D eigenvalue weighted by Crippen LogP contribution is -2.40. The molecule has 0 spiro atoms. The molecule has 1 heterocycles. The molecule has 2 aromatic rings. The van der Waals surface area contributed by atoms with Crippen LogP contribution in [0.2, 0.25) is 0 Å². The van der Waals surface area contributed by atoms with E-state index in [0.717, 1.165) is 23.0 Å². The Labute approximate surface area is 119 Å². The molecule has 108 valence electrons. The lowest BCUT2D eigenvalue weighted by molar-refractivity contribution is 0.237. The van der Waals surface area contributed by atoms with E-state index in [1.54, 1.807) is 0 Å². The van der Waals surface area contributed by atoms with E-state index in [1.165, 1.54) is 5.56 Å². The summed E-state index contributed by atoms with van der Waals surface area (Å²) in [6.07, 6.45) is 0.916. The number of nitrogens with zero attached hydrogens (tertiary/aromatic N) is 2. The van der Waals surface area contributed by atoms with Crippen molar-refractivity contribution >= 4 is 16.9 Å². The van der Waals surface area contributed by atoms with Crippen molar-refractivity contribution in [1.82, 2.24) is 20.4 Å². The Morgan fingerprint density at radius 2 is 2.20 bits per heavy atom. The Kier molecular flexibility index (Phi) is 4.27. The maximum atomic E-state index is 11.7. The zero-order chi connectivity index (χ0) is 14.7. The third-order valence-corrected chi connectivity index (χ3v) is 3.49. The number of carbonyl (C=O) groups excluding carboxylic acids is 1. The molecule has 2 rings (SSSR count). The Bertz CT molecular complexity index is 618. The first-order valence-electron chi connectivity index (χ1n) is 6.98. The third-order valence-electron chi connectivity index (χ3n) is 3.49. The molecule has 5 heteroatoms. The highest BCUT2D eigenvalue weighted by atomic mass is 16.2. The van der Waals surface area contributed by atoms with Crippen molar-refractivity contribution in [1.29, 1.82) is 0 Å². The van der Waals surface area contributed by atoms with Gasteiger partial charge in [-0.25, -0.2) is 4.79 Å². The molecule has 0 aliphatic heterocycles. The van der Waals surface area contributed by atoms with Crippen molar-refractivity contribution in [2.75, 3.05) is 0 Å². The molecule has 5 nitrogen and oxygen atoms in total. The summed E-state index contributed by atoms with van der Waals surface area (Å²) >= 11 is 0. The largest absolute Gasteiger partial charge is 0.336 e. The molecule has 0 aliphatic carbocycles. The van der Waals surface area contributed by atoms with Crippen LogP contribution in [0.4, 0.5) is 4.79 Å². The second-order valence-electron chi connectivity index (χ2n) is 5.23. The fourth-order valence-corrected chi connectivity index (χ4v) is 2.12. The Morgan fingerprint density at radius 3 is 2.90 bits per heavy atom. The standard InChI is InChI=1S/C15H22N4O/c1-5-11(3)17-15(20)16-9-13-12-8-10(2)6-7-14(12)19(4)18-13/h6-8,11H,5,9H2,1-4H3,(H2,16,17,20). The number of aromatic nitrogens is 2. The molecule has 0 saturated carbocycles. The monoisotopic (exact) mass is 274 g/mol. The number of hydrogen-bond acceptors (Lipinski definition) is 2. The molecular formula is C15H22N4O. The zero-order valence-electron chi connectivity index (χ0n) is 12.5. The fraction of sp³-hybridized carbons (Fsp3) is 0.467. The second-order valence-corrected chi connectivity index (χ2v) is 5.23. The number of fused-ring (bicyclic) bond motifs is 1. The van der Waals surface area contributed by atoms with E-state index in [-0.39, 0.29) is 12.1 Å². The van der Waals surface area contributed by atoms with Gasteiger partial charge in [0.2, 0.25) is 0 Å². The van der Waals surface area contributed by atoms with Crippen molar-refractivity contribution in [2.24, 2.45) is 7.05 Å². The lowest BCUT2D eigenvalue weighted by Gasteiger charge is -2.11. The van der Waals surface area contributed by atoms with Crippen LogP contribution in [0.5, 0.6) is 0 Å². The van der Waals surface area contributed by atoms with Crippen LogP contribution in [-0.4, -0.2) is 21.9 Å². The van der Waals surface area contributed by atoms with E-state index < -0.39 is 0 Å². The van der Waals surface area contributed by atoms with Crippen LogP contribution in [0, 0.1) is 6.92 Å². The van der Waals surface area contributed by atoms with Crippen LogP contribution in [0.3, 0.4) is 0 Å². The van der Waals surface area contributed by atoms with Crippen molar-refractivity contribution in [3.05, 3.63) is 29.5 Å². The number of benzene rings is 1. The topological polar surface area (TPSA) is 59.0 Å². The Morgan fingerprint density at radius 1 is 1.45 bits per heavy atom. The average molecular weight is 274 g/mol. The predicted molar refractivity (Wildman–Crippen MR) is 80.6 cm³/mol. The lowest BCUT2D eigenvalue weighted by atomic mass is 10.1. The summed E-state index contributed by atoms with van der Waals surface area (Å²) in [6, 6.07) is 6.26. The normalized spacial score (nSPS) is 12.4. The van der Waals surface area contributed by atoms with Gasteiger partial charge in [0.25, 0.3) is 0 Å². The summed E-state index contributed by atoms with van der Waals surface area (Å²) in [4.78, 5) is 11.7. The number of rotatable bonds is 4. The zero-order valence-corrected chi connectivity index (χ0v) is 12.5. The smallest absolute Gasteiger partial charge is 0.315 e. The molecule has 20 heavy (non-hydrogen) atoms. The predicted octanol–water partition coefficient (Wildman–Crippen LogP) is 2.48. The van der Waals surface area contributed by atoms with Crippen LogP contribution in [0.25, 0.3) is 10.9 Å². The van der Waals surface area contributed by atoms with Crippen LogP contribution in [-0.2, 0) is 13.6 Å². The number of carbonyl (C=O) groups is 1. The molecule has 0 fully saturated rings. The minimum absolute atomic E-state index is 0.147. The minimum atomic E-state index is -0.147. The molecule has 0 aliphatic rings. The highest BCUT2D eigenvalue weighted by Gasteiger charge is 2.10. The van der Waals surface area contributed by atoms with E-state index in [0.29, 0.717) is 6.54 Å². The second kappa shape index (κ2) is 5.94. The molecule has 1 aromatic carbocycles. The fourth-order valence-electron chi connectivity index (χ4n) is 2.12. The molecule has 0 bridgehead atoms. The van der Waals surface area contributed by atoms with Gasteiger partial charge in [0.05, 0.1) is 17.8 Å². The number of urea groups is 1. The molecule has 0 saturated heterocycles. The maximum Gasteiger partial charge on any atom is 0.315 e. The maximum absolute atomic E-state index is 11.7. The SMILES string of the molecule is CCC(C)NC(=O)NCc1nn(C)c2ccc(C)cc12. The van der Waals surface area contributed by atoms with Crippen molar-refractivity contribution in [3.8, 4) is 0 Å². The number of hydrogen-bond donors (Lipinski definition) is 2. The molecular weight excluding hydrogens is 252 g/mol. The highest BCUT2D eigenvalue weighted by molar-refractivity contribution is 5.83. The van der Waals surface area contributed by atoms with Crippen LogP contribution in [0.15, 0.2) is 18.2 Å². The summed E-state index contributed by atoms with van der Waals surface area (Å²) in [7, 11) is 1.92. The molecule has 2 amide bonds. The highest BCUT2D eigenvalue weighted by Crippen LogP contribution is 2.19. The average Bonchev–Trinajstić information content (AvgIpc) is 2.72. The van der Waals surface area contributed by atoms with Crippen LogP contribution < -0.4 is 10.6 Å². The minimum Gasteiger partial charge on any atom is -0.336 e. The van der Waals surface area contributed by atoms with Gasteiger partial charge in [-0.1, -0.05) is 18.6 Å². The first kappa shape index (κ1) is 14.4. The Hall–Kier alpha value is -2.04. The van der Waals surface area contributed by atoms with Gasteiger partial charge in [0.15, 0.2) is 0 Å². The van der Waals surface area contributed by atoms with Gasteiger partial charge in [-0.15, -0.1) is 0 Å². The van der Waals surface area contributed by atoms with Crippen LogP contribution >= 0.6 is 0 Å². The van der Waals surface area contributed by atoms with Crippen molar-refractivity contribution in [3.63, 3.8) is 0 Å². The first-order chi connectivity index (χ1) is 9.51. The van der Waals surface area contributed by atoms with Gasteiger partial charge in [-0.3, -0.25) is 4.68 Å². The molecule has 0 radical (unpaired) electrons. The van der Waals surface area contributed by atoms with Gasteiger partial charge >= 0.3 is 6.03 Å². The summed E-state index contributed by atoms with van der Waals surface area (Å²) in [6.45, 7) is 6.52.